The van der Waals surface area contributed by atoms with Gasteiger partial charge in [-0.05, 0) is 26.0 Å². The second-order valence-electron chi connectivity index (χ2n) is 6.02. The molecule has 0 bridgehead atoms. The van der Waals surface area contributed by atoms with Crippen molar-refractivity contribution in [3.63, 3.8) is 0 Å². The number of hydrogen-bond donors (Lipinski definition) is 1. The SMILES string of the molecule is CCOC(=O)C(=O)Nc1scc2c(C(=O)OCC)nn(-c3cccc(OC)c3)c(=O)c12. The molecule has 0 radical (unpaired) electrons. The standard InChI is InChI=1S/C20H19N3O7S/c1-4-29-19(26)15-13-10-31-17(21-16(24)20(27)30-5-2)14(13)18(25)23(22-15)11-7-6-8-12(9-11)28-3/h6-10H,4-5H2,1-3H3,(H,21,24). The molecule has 0 aliphatic rings. The van der Waals surface area contributed by atoms with Crippen LogP contribution in [0.15, 0.2) is 34.4 Å². The summed E-state index contributed by atoms with van der Waals surface area (Å²) in [5.74, 6) is -2.38. The van der Waals surface area contributed by atoms with Gasteiger partial charge >= 0.3 is 17.8 Å². The minimum Gasteiger partial charge on any atom is -0.497 e. The van der Waals surface area contributed by atoms with Crippen LogP contribution in [0.5, 0.6) is 5.75 Å². The fourth-order valence-electron chi connectivity index (χ4n) is 2.76. The van der Waals surface area contributed by atoms with Crippen LogP contribution in [0, 0.1) is 0 Å². The van der Waals surface area contributed by atoms with Gasteiger partial charge < -0.3 is 19.5 Å². The van der Waals surface area contributed by atoms with Crippen molar-refractivity contribution in [3.8, 4) is 11.4 Å². The monoisotopic (exact) mass is 445 g/mol. The molecule has 3 aromatic rings. The number of hydrogen-bond acceptors (Lipinski definition) is 9. The second kappa shape index (κ2) is 9.39. The predicted octanol–water partition coefficient (Wildman–Crippen LogP) is 2.13. The zero-order valence-corrected chi connectivity index (χ0v) is 17.8. The lowest BCUT2D eigenvalue weighted by Gasteiger charge is -2.10. The predicted molar refractivity (Wildman–Crippen MR) is 113 cm³/mol. The molecule has 3 rings (SSSR count). The van der Waals surface area contributed by atoms with Crippen molar-refractivity contribution >= 4 is 45.0 Å². The maximum absolute atomic E-state index is 13.3. The highest BCUT2D eigenvalue weighted by Gasteiger charge is 2.25. The van der Waals surface area contributed by atoms with Crippen molar-refractivity contribution in [2.24, 2.45) is 0 Å². The van der Waals surface area contributed by atoms with E-state index in [0.29, 0.717) is 11.4 Å². The Bertz CT molecular complexity index is 1220. The van der Waals surface area contributed by atoms with Crippen LogP contribution in [-0.4, -0.2) is 47.9 Å². The molecule has 2 aromatic heterocycles. The molecule has 11 heteroatoms. The number of anilines is 1. The summed E-state index contributed by atoms with van der Waals surface area (Å²) in [6.07, 6.45) is 0. The zero-order chi connectivity index (χ0) is 22.5. The quantitative estimate of drug-likeness (QED) is 0.452. The van der Waals surface area contributed by atoms with E-state index in [-0.39, 0.29) is 34.7 Å². The molecule has 0 aliphatic carbocycles. The van der Waals surface area contributed by atoms with Gasteiger partial charge in [0.25, 0.3) is 5.56 Å². The summed E-state index contributed by atoms with van der Waals surface area (Å²) in [6.45, 7) is 3.34. The van der Waals surface area contributed by atoms with E-state index in [9.17, 15) is 19.2 Å². The molecule has 162 valence electrons. The van der Waals surface area contributed by atoms with Crippen molar-refractivity contribution < 1.29 is 28.6 Å². The molecule has 0 spiro atoms. The first-order valence-corrected chi connectivity index (χ1v) is 10.1. The second-order valence-corrected chi connectivity index (χ2v) is 6.90. The van der Waals surface area contributed by atoms with Crippen molar-refractivity contribution in [2.45, 2.75) is 13.8 Å². The van der Waals surface area contributed by atoms with E-state index in [1.54, 1.807) is 38.1 Å². The van der Waals surface area contributed by atoms with E-state index in [2.05, 4.69) is 15.2 Å². The number of aromatic nitrogens is 2. The Morgan fingerprint density at radius 1 is 1.16 bits per heavy atom. The van der Waals surface area contributed by atoms with Crippen molar-refractivity contribution in [1.29, 1.82) is 0 Å². The molecular formula is C20H19N3O7S. The molecule has 0 unspecified atom stereocenters. The van der Waals surface area contributed by atoms with Gasteiger partial charge in [0, 0.05) is 16.8 Å². The molecule has 10 nitrogen and oxygen atoms in total. The number of amides is 1. The lowest BCUT2D eigenvalue weighted by Crippen LogP contribution is -2.27. The number of nitrogens with one attached hydrogen (secondary N) is 1. The van der Waals surface area contributed by atoms with Gasteiger partial charge in [-0.15, -0.1) is 11.3 Å². The van der Waals surface area contributed by atoms with Crippen LogP contribution in [0.25, 0.3) is 16.5 Å². The van der Waals surface area contributed by atoms with Gasteiger partial charge in [0.05, 0.1) is 31.4 Å². The van der Waals surface area contributed by atoms with E-state index in [1.807, 2.05) is 0 Å². The average molecular weight is 445 g/mol. The van der Waals surface area contributed by atoms with Crippen LogP contribution >= 0.6 is 11.3 Å². The fourth-order valence-corrected chi connectivity index (χ4v) is 3.69. The van der Waals surface area contributed by atoms with Gasteiger partial charge in [-0.3, -0.25) is 9.59 Å². The van der Waals surface area contributed by atoms with Crippen molar-refractivity contribution in [1.82, 2.24) is 9.78 Å². The number of rotatable bonds is 6. The molecule has 0 saturated carbocycles. The van der Waals surface area contributed by atoms with Gasteiger partial charge in [0.2, 0.25) is 0 Å². The average Bonchev–Trinajstić information content (AvgIpc) is 3.18. The Morgan fingerprint density at radius 2 is 1.90 bits per heavy atom. The van der Waals surface area contributed by atoms with Crippen LogP contribution in [0.4, 0.5) is 5.00 Å². The maximum atomic E-state index is 13.3. The smallest absolute Gasteiger partial charge is 0.397 e. The number of benzene rings is 1. The number of methoxy groups -OCH3 is 1. The number of carbonyl (C=O) groups excluding carboxylic acids is 3. The molecule has 1 amide bonds. The Kier molecular flexibility index (Phi) is 6.65. The van der Waals surface area contributed by atoms with Crippen molar-refractivity contribution in [3.05, 3.63) is 45.7 Å². The van der Waals surface area contributed by atoms with E-state index < -0.39 is 23.4 Å². The minimum atomic E-state index is -1.09. The van der Waals surface area contributed by atoms with Crippen LogP contribution in [-0.2, 0) is 19.1 Å². The van der Waals surface area contributed by atoms with E-state index in [0.717, 1.165) is 16.0 Å². The first kappa shape index (κ1) is 22.0. The summed E-state index contributed by atoms with van der Waals surface area (Å²) in [4.78, 5) is 49.6. The zero-order valence-electron chi connectivity index (χ0n) is 17.0. The molecule has 1 N–H and O–H groups in total. The molecule has 1 aromatic carbocycles. The largest absolute Gasteiger partial charge is 0.497 e. The number of thiophene rings is 1. The highest BCUT2D eigenvalue weighted by atomic mass is 32.1. The van der Waals surface area contributed by atoms with Gasteiger partial charge in [-0.2, -0.15) is 9.78 Å². The normalized spacial score (nSPS) is 10.5. The molecule has 0 saturated heterocycles. The molecule has 0 aliphatic heterocycles. The Labute approximate surface area is 180 Å². The highest BCUT2D eigenvalue weighted by molar-refractivity contribution is 7.16. The summed E-state index contributed by atoms with van der Waals surface area (Å²) in [5, 5.41) is 8.37. The summed E-state index contributed by atoms with van der Waals surface area (Å²) in [7, 11) is 1.48. The number of carbonyl (C=O) groups is 3. The molecule has 0 fully saturated rings. The number of nitrogens with zero attached hydrogens (tertiary/aromatic N) is 2. The lowest BCUT2D eigenvalue weighted by atomic mass is 10.2. The number of esters is 2. The minimum absolute atomic E-state index is 0.0171. The maximum Gasteiger partial charge on any atom is 0.397 e. The topological polar surface area (TPSA) is 126 Å². The fraction of sp³-hybridized carbons (Fsp3) is 0.250. The summed E-state index contributed by atoms with van der Waals surface area (Å²) >= 11 is 0.977. The van der Waals surface area contributed by atoms with Crippen LogP contribution in [0.2, 0.25) is 0 Å². The first-order chi connectivity index (χ1) is 14.9. The molecule has 2 heterocycles. The summed E-state index contributed by atoms with van der Waals surface area (Å²) in [6, 6.07) is 6.53. The number of fused-ring (bicyclic) bond motifs is 1. The van der Waals surface area contributed by atoms with Gasteiger partial charge in [0.15, 0.2) is 5.69 Å². The molecule has 0 atom stereocenters. The van der Waals surface area contributed by atoms with Gasteiger partial charge in [0.1, 0.15) is 10.8 Å². The third-order valence-electron chi connectivity index (χ3n) is 4.11. The van der Waals surface area contributed by atoms with E-state index >= 15 is 0 Å². The third-order valence-corrected chi connectivity index (χ3v) is 5.00. The van der Waals surface area contributed by atoms with Crippen LogP contribution < -0.4 is 15.6 Å². The van der Waals surface area contributed by atoms with E-state index in [4.69, 9.17) is 9.47 Å². The third kappa shape index (κ3) is 4.40. The highest BCUT2D eigenvalue weighted by Crippen LogP contribution is 2.31. The Hall–Kier alpha value is -3.73. The van der Waals surface area contributed by atoms with Gasteiger partial charge in [-0.25, -0.2) is 9.59 Å². The summed E-state index contributed by atoms with van der Waals surface area (Å²) in [5.41, 5.74) is -0.366. The van der Waals surface area contributed by atoms with Crippen LogP contribution in [0.1, 0.15) is 24.3 Å². The number of ether oxygens (including phenoxy) is 3. The van der Waals surface area contributed by atoms with Crippen molar-refractivity contribution in [2.75, 3.05) is 25.6 Å². The van der Waals surface area contributed by atoms with E-state index in [1.165, 1.54) is 12.5 Å². The van der Waals surface area contributed by atoms with Gasteiger partial charge in [-0.1, -0.05) is 6.07 Å². The lowest BCUT2D eigenvalue weighted by molar-refractivity contribution is -0.152. The first-order valence-electron chi connectivity index (χ1n) is 9.25. The summed E-state index contributed by atoms with van der Waals surface area (Å²) < 4.78 is 16.0. The van der Waals surface area contributed by atoms with Crippen LogP contribution in [0.3, 0.4) is 0 Å². The molecule has 31 heavy (non-hydrogen) atoms. The Morgan fingerprint density at radius 3 is 2.58 bits per heavy atom. The Balaban J connectivity index is 2.22. The molecular weight excluding hydrogens is 426 g/mol.